The van der Waals surface area contributed by atoms with E-state index in [9.17, 15) is 21.6 Å². The Morgan fingerprint density at radius 1 is 1.04 bits per heavy atom. The quantitative estimate of drug-likeness (QED) is 0.803. The molecule has 0 spiro atoms. The third-order valence-electron chi connectivity index (χ3n) is 6.34. The number of rotatable bonds is 4. The average molecular weight is 409 g/mol. The number of alkyl halides is 3. The topological polar surface area (TPSA) is 58.2 Å². The maximum absolute atomic E-state index is 13.1. The van der Waals surface area contributed by atoms with E-state index in [0.29, 0.717) is 31.0 Å². The molecule has 0 unspecified atom stereocenters. The van der Waals surface area contributed by atoms with E-state index in [2.05, 4.69) is 10.0 Å². The number of nitrogens with one attached hydrogen (secondary N) is 2. The lowest BCUT2D eigenvalue weighted by molar-refractivity contribution is -0.314. The fourth-order valence-corrected chi connectivity index (χ4v) is 7.30. The molecule has 0 atom stereocenters. The van der Waals surface area contributed by atoms with Crippen LogP contribution in [0.4, 0.5) is 13.2 Å². The Kier molecular flexibility index (Phi) is 3.99. The molecule has 5 rings (SSSR count). The van der Waals surface area contributed by atoms with Gasteiger partial charge in [-0.1, -0.05) is 23.7 Å². The lowest BCUT2D eigenvalue weighted by atomic mass is 9.43. The Bertz CT molecular complexity index is 798. The molecule has 4 fully saturated rings. The Morgan fingerprint density at radius 2 is 1.58 bits per heavy atom. The molecule has 1 aromatic carbocycles. The van der Waals surface area contributed by atoms with Crippen LogP contribution in [0, 0.1) is 5.41 Å². The van der Waals surface area contributed by atoms with Gasteiger partial charge in [-0.2, -0.15) is 13.2 Å². The van der Waals surface area contributed by atoms with E-state index >= 15 is 0 Å². The van der Waals surface area contributed by atoms with Crippen molar-refractivity contribution in [3.63, 3.8) is 0 Å². The second-order valence-corrected chi connectivity index (χ2v) is 10.4. The normalized spacial score (nSPS) is 33.2. The van der Waals surface area contributed by atoms with Crippen LogP contribution in [-0.4, -0.2) is 32.4 Å². The van der Waals surface area contributed by atoms with Gasteiger partial charge in [-0.15, -0.1) is 0 Å². The van der Waals surface area contributed by atoms with Gasteiger partial charge in [-0.3, -0.25) is 0 Å². The highest BCUT2D eigenvalue weighted by atomic mass is 35.5. The smallest absolute Gasteiger partial charge is 0.317 e. The number of hydrogen-bond donors (Lipinski definition) is 2. The summed E-state index contributed by atoms with van der Waals surface area (Å²) in [5, 5.41) is 3.75. The fourth-order valence-electron chi connectivity index (χ4n) is 4.72. The first-order chi connectivity index (χ1) is 12.0. The second-order valence-electron chi connectivity index (χ2n) is 7.94. The summed E-state index contributed by atoms with van der Waals surface area (Å²) < 4.78 is 66.9. The maximum Gasteiger partial charge on any atom is 0.394 e. The monoisotopic (exact) mass is 408 g/mol. The van der Waals surface area contributed by atoms with E-state index in [4.69, 9.17) is 11.6 Å². The van der Waals surface area contributed by atoms with Crippen molar-refractivity contribution in [1.29, 1.82) is 0 Å². The lowest BCUT2D eigenvalue weighted by Crippen LogP contribution is -2.77. The van der Waals surface area contributed by atoms with Crippen LogP contribution in [0.3, 0.4) is 0 Å². The standard InChI is InChI=1S/C17H20ClF3N2O2S/c18-13-3-1-12(2-4-13)16(5-7-22-8-6-16)23-26(24,25)15-9-14(10-15,11-15)17(19,20)21/h1-4,22-23H,5-11H2. The van der Waals surface area contributed by atoms with E-state index in [-0.39, 0.29) is 19.3 Å². The number of sulfonamides is 1. The van der Waals surface area contributed by atoms with Gasteiger partial charge in [0.2, 0.25) is 10.0 Å². The van der Waals surface area contributed by atoms with Gasteiger partial charge in [0, 0.05) is 5.02 Å². The minimum absolute atomic E-state index is 0.326. The minimum atomic E-state index is -4.33. The Balaban J connectivity index is 1.60. The largest absolute Gasteiger partial charge is 0.394 e. The first-order valence-corrected chi connectivity index (χ1v) is 10.5. The highest BCUT2D eigenvalue weighted by Gasteiger charge is 2.83. The van der Waals surface area contributed by atoms with E-state index in [1.807, 2.05) is 0 Å². The van der Waals surface area contributed by atoms with Crippen molar-refractivity contribution in [3.05, 3.63) is 34.9 Å². The first-order valence-electron chi connectivity index (χ1n) is 8.60. The molecular formula is C17H20ClF3N2O2S. The van der Waals surface area contributed by atoms with Crippen LogP contribution < -0.4 is 10.0 Å². The molecular weight excluding hydrogens is 389 g/mol. The Morgan fingerprint density at radius 3 is 2.08 bits per heavy atom. The molecule has 4 nitrogen and oxygen atoms in total. The van der Waals surface area contributed by atoms with Crippen molar-refractivity contribution in [3.8, 4) is 0 Å². The third-order valence-corrected chi connectivity index (χ3v) is 8.82. The van der Waals surface area contributed by atoms with Crippen molar-refractivity contribution in [2.45, 2.75) is 48.6 Å². The van der Waals surface area contributed by atoms with Crippen molar-refractivity contribution >= 4 is 21.6 Å². The number of halogens is 4. The Hall–Kier alpha value is -0.830. The summed E-state index contributed by atoms with van der Waals surface area (Å²) in [6.07, 6.45) is -4.23. The fraction of sp³-hybridized carbons (Fsp3) is 0.647. The lowest BCUT2D eigenvalue weighted by Gasteiger charge is -2.69. The van der Waals surface area contributed by atoms with Crippen molar-refractivity contribution in [1.82, 2.24) is 10.0 Å². The molecule has 1 heterocycles. The maximum atomic E-state index is 13.1. The van der Waals surface area contributed by atoms with Gasteiger partial charge in [0.05, 0.1) is 15.7 Å². The highest BCUT2D eigenvalue weighted by molar-refractivity contribution is 7.91. The number of hydrogen-bond acceptors (Lipinski definition) is 3. The van der Waals surface area contributed by atoms with Crippen LogP contribution in [0.15, 0.2) is 24.3 Å². The molecule has 4 aliphatic rings. The zero-order valence-electron chi connectivity index (χ0n) is 14.0. The summed E-state index contributed by atoms with van der Waals surface area (Å²) in [5.74, 6) is 0. The molecule has 2 bridgehead atoms. The van der Waals surface area contributed by atoms with Gasteiger partial charge in [-0.25, -0.2) is 13.1 Å². The van der Waals surface area contributed by atoms with E-state index in [0.717, 1.165) is 5.56 Å². The third kappa shape index (κ3) is 2.52. The van der Waals surface area contributed by atoms with Gasteiger partial charge in [0.15, 0.2) is 0 Å². The summed E-state index contributed by atoms with van der Waals surface area (Å²) in [4.78, 5) is 0. The van der Waals surface area contributed by atoms with Crippen molar-refractivity contribution in [2.24, 2.45) is 5.41 Å². The van der Waals surface area contributed by atoms with Crippen molar-refractivity contribution < 1.29 is 21.6 Å². The molecule has 0 aromatic heterocycles. The predicted octanol–water partition coefficient (Wildman–Crippen LogP) is 3.32. The summed E-state index contributed by atoms with van der Waals surface area (Å²) in [6, 6.07) is 6.98. The zero-order valence-corrected chi connectivity index (χ0v) is 15.6. The number of benzene rings is 1. The minimum Gasteiger partial charge on any atom is -0.317 e. The van der Waals surface area contributed by atoms with Gasteiger partial charge in [0.1, 0.15) is 0 Å². The first kappa shape index (κ1) is 18.5. The molecule has 0 radical (unpaired) electrons. The summed E-state index contributed by atoms with van der Waals surface area (Å²) in [5.41, 5.74) is -1.80. The van der Waals surface area contributed by atoms with E-state index in [1.165, 1.54) is 0 Å². The summed E-state index contributed by atoms with van der Waals surface area (Å²) in [6.45, 7) is 1.26. The van der Waals surface area contributed by atoms with Crippen LogP contribution in [0.5, 0.6) is 0 Å². The van der Waals surface area contributed by atoms with Crippen LogP contribution in [-0.2, 0) is 15.6 Å². The second kappa shape index (κ2) is 5.59. The molecule has 3 aliphatic carbocycles. The predicted molar refractivity (Wildman–Crippen MR) is 92.4 cm³/mol. The SMILES string of the molecule is O=S(=O)(NC1(c2ccc(Cl)cc2)CCNCC1)C12CC(C(F)(F)F)(C1)C2. The molecule has 3 saturated carbocycles. The average Bonchev–Trinajstić information content (AvgIpc) is 2.43. The zero-order chi connectivity index (χ0) is 18.8. The van der Waals surface area contributed by atoms with Crippen LogP contribution in [0.25, 0.3) is 0 Å². The van der Waals surface area contributed by atoms with E-state index in [1.54, 1.807) is 24.3 Å². The molecule has 1 aliphatic heterocycles. The molecule has 9 heteroatoms. The summed E-state index contributed by atoms with van der Waals surface area (Å²) >= 11 is 5.94. The summed E-state index contributed by atoms with van der Waals surface area (Å²) in [7, 11) is -3.88. The van der Waals surface area contributed by atoms with Gasteiger partial charge >= 0.3 is 6.18 Å². The molecule has 1 aromatic rings. The van der Waals surface area contributed by atoms with Crippen LogP contribution in [0.2, 0.25) is 5.02 Å². The molecule has 0 amide bonds. The van der Waals surface area contributed by atoms with E-state index < -0.39 is 31.9 Å². The molecule has 144 valence electrons. The highest BCUT2D eigenvalue weighted by Crippen LogP contribution is 2.76. The molecule has 1 saturated heterocycles. The van der Waals surface area contributed by atoms with Crippen molar-refractivity contribution in [2.75, 3.05) is 13.1 Å². The van der Waals surface area contributed by atoms with Gasteiger partial charge in [0.25, 0.3) is 0 Å². The molecule has 2 N–H and O–H groups in total. The van der Waals surface area contributed by atoms with Gasteiger partial charge < -0.3 is 5.32 Å². The molecule has 26 heavy (non-hydrogen) atoms. The van der Waals surface area contributed by atoms with Crippen LogP contribution >= 0.6 is 11.6 Å². The number of piperidine rings is 1. The van der Waals surface area contributed by atoms with Crippen LogP contribution in [0.1, 0.15) is 37.7 Å². The van der Waals surface area contributed by atoms with Gasteiger partial charge in [-0.05, 0) is 62.9 Å². The Labute approximate surface area is 155 Å².